The minimum Gasteiger partial charge on any atom is -0.352 e. The summed E-state index contributed by atoms with van der Waals surface area (Å²) in [5.74, 6) is 0.150. The van der Waals surface area contributed by atoms with Crippen molar-refractivity contribution in [2.24, 2.45) is 0 Å². The van der Waals surface area contributed by atoms with Crippen molar-refractivity contribution in [3.8, 4) is 0 Å². The van der Waals surface area contributed by atoms with Crippen LogP contribution in [0.1, 0.15) is 42.6 Å². The lowest BCUT2D eigenvalue weighted by Crippen LogP contribution is -2.44. The molecule has 0 radical (unpaired) electrons. The smallest absolute Gasteiger partial charge is 0.251 e. The van der Waals surface area contributed by atoms with Crippen molar-refractivity contribution in [2.45, 2.75) is 39.7 Å². The molecule has 0 aliphatic carbocycles. The van der Waals surface area contributed by atoms with Gasteiger partial charge in [-0.15, -0.1) is 0 Å². The standard InChI is InChI=1S/C18H27N3O3S/c1-5-16(22)20-14(9-10-25-4)18(24)21-15-11-13(8-7-12(15)3)17(23)19-6-2/h7-8,11,14H,5-6,9-10H2,1-4H3,(H,19,23)(H,20,22)(H,21,24)/t14-/m0/s1. The minimum absolute atomic E-state index is 0.158. The zero-order chi connectivity index (χ0) is 18.8. The highest BCUT2D eigenvalue weighted by molar-refractivity contribution is 7.98. The van der Waals surface area contributed by atoms with E-state index in [1.807, 2.05) is 20.1 Å². The Morgan fingerprint density at radius 1 is 1.20 bits per heavy atom. The first-order chi connectivity index (χ1) is 11.9. The second-order valence-electron chi connectivity index (χ2n) is 5.63. The molecule has 6 nitrogen and oxygen atoms in total. The first-order valence-corrected chi connectivity index (χ1v) is 9.80. The number of carbonyl (C=O) groups excluding carboxylic acids is 3. The molecule has 0 bridgehead atoms. The first-order valence-electron chi connectivity index (χ1n) is 8.40. The largest absolute Gasteiger partial charge is 0.352 e. The van der Waals surface area contributed by atoms with Crippen LogP contribution in [0.3, 0.4) is 0 Å². The van der Waals surface area contributed by atoms with E-state index in [0.717, 1.165) is 11.3 Å². The topological polar surface area (TPSA) is 87.3 Å². The molecule has 138 valence electrons. The Morgan fingerprint density at radius 2 is 1.92 bits per heavy atom. The average Bonchev–Trinajstić information content (AvgIpc) is 2.60. The number of carbonyl (C=O) groups is 3. The van der Waals surface area contributed by atoms with Crippen LogP contribution in [0.25, 0.3) is 0 Å². The number of rotatable bonds is 9. The molecule has 7 heteroatoms. The number of benzene rings is 1. The van der Waals surface area contributed by atoms with Gasteiger partial charge in [0.15, 0.2) is 0 Å². The summed E-state index contributed by atoms with van der Waals surface area (Å²) < 4.78 is 0. The van der Waals surface area contributed by atoms with Gasteiger partial charge in [0, 0.05) is 24.2 Å². The quantitative estimate of drug-likeness (QED) is 0.627. The van der Waals surface area contributed by atoms with Crippen molar-refractivity contribution in [1.29, 1.82) is 0 Å². The van der Waals surface area contributed by atoms with Gasteiger partial charge in [0.05, 0.1) is 0 Å². The van der Waals surface area contributed by atoms with Gasteiger partial charge in [0.25, 0.3) is 5.91 Å². The maximum Gasteiger partial charge on any atom is 0.251 e. The van der Waals surface area contributed by atoms with Crippen LogP contribution < -0.4 is 16.0 Å². The highest BCUT2D eigenvalue weighted by atomic mass is 32.2. The van der Waals surface area contributed by atoms with Gasteiger partial charge in [-0.25, -0.2) is 0 Å². The Kier molecular flexibility index (Phi) is 9.05. The summed E-state index contributed by atoms with van der Waals surface area (Å²) >= 11 is 1.62. The number of hydrogen-bond donors (Lipinski definition) is 3. The molecule has 0 aromatic heterocycles. The molecule has 3 N–H and O–H groups in total. The third-order valence-corrected chi connectivity index (χ3v) is 4.32. The fraction of sp³-hybridized carbons (Fsp3) is 0.500. The molecule has 1 aromatic rings. The number of nitrogens with one attached hydrogen (secondary N) is 3. The van der Waals surface area contributed by atoms with Gasteiger partial charge >= 0.3 is 0 Å². The third kappa shape index (κ3) is 6.78. The summed E-state index contributed by atoms with van der Waals surface area (Å²) in [4.78, 5) is 36.2. The average molecular weight is 365 g/mol. The van der Waals surface area contributed by atoms with E-state index in [1.54, 1.807) is 36.9 Å². The van der Waals surface area contributed by atoms with Gasteiger partial charge in [0.2, 0.25) is 11.8 Å². The molecule has 0 spiro atoms. The molecule has 1 rings (SSSR count). The molecule has 0 aliphatic heterocycles. The van der Waals surface area contributed by atoms with Crippen molar-refractivity contribution < 1.29 is 14.4 Å². The SMILES string of the molecule is CCNC(=O)c1ccc(C)c(NC(=O)[C@H](CCSC)NC(=O)CC)c1. The molecule has 0 saturated carbocycles. The molecule has 25 heavy (non-hydrogen) atoms. The summed E-state index contributed by atoms with van der Waals surface area (Å²) in [6.07, 6.45) is 2.83. The predicted molar refractivity (Wildman–Crippen MR) is 103 cm³/mol. The fourth-order valence-electron chi connectivity index (χ4n) is 2.18. The Hall–Kier alpha value is -2.02. The lowest BCUT2D eigenvalue weighted by atomic mass is 10.1. The number of aryl methyl sites for hydroxylation is 1. The van der Waals surface area contributed by atoms with E-state index in [0.29, 0.717) is 30.6 Å². The zero-order valence-electron chi connectivity index (χ0n) is 15.3. The van der Waals surface area contributed by atoms with E-state index >= 15 is 0 Å². The molecule has 0 fully saturated rings. The van der Waals surface area contributed by atoms with Gasteiger partial charge in [-0.05, 0) is 50.0 Å². The molecular formula is C18H27N3O3S. The molecular weight excluding hydrogens is 338 g/mol. The van der Waals surface area contributed by atoms with E-state index in [1.165, 1.54) is 0 Å². The van der Waals surface area contributed by atoms with Crippen LogP contribution in [-0.2, 0) is 9.59 Å². The molecule has 1 atom stereocenters. The summed E-state index contributed by atoms with van der Waals surface area (Å²) in [6, 6.07) is 4.58. The van der Waals surface area contributed by atoms with Crippen molar-refractivity contribution in [3.05, 3.63) is 29.3 Å². The zero-order valence-corrected chi connectivity index (χ0v) is 16.1. The minimum atomic E-state index is -0.590. The monoisotopic (exact) mass is 365 g/mol. The van der Waals surface area contributed by atoms with E-state index in [4.69, 9.17) is 0 Å². The molecule has 0 saturated heterocycles. The van der Waals surface area contributed by atoms with Crippen LogP contribution >= 0.6 is 11.8 Å². The summed E-state index contributed by atoms with van der Waals surface area (Å²) in [5.41, 5.74) is 1.92. The second-order valence-corrected chi connectivity index (χ2v) is 6.62. The van der Waals surface area contributed by atoms with Crippen LogP contribution in [0.4, 0.5) is 5.69 Å². The van der Waals surface area contributed by atoms with Gasteiger partial charge in [-0.3, -0.25) is 14.4 Å². The first kappa shape index (κ1) is 21.0. The van der Waals surface area contributed by atoms with E-state index < -0.39 is 6.04 Å². The Labute approximate surface area is 153 Å². The Bertz CT molecular complexity index is 620. The van der Waals surface area contributed by atoms with Gasteiger partial charge in [-0.2, -0.15) is 11.8 Å². The van der Waals surface area contributed by atoms with Gasteiger partial charge < -0.3 is 16.0 Å². The summed E-state index contributed by atoms with van der Waals surface area (Å²) in [6.45, 7) is 5.99. The number of thioether (sulfide) groups is 1. The van der Waals surface area contributed by atoms with Crippen LogP contribution in [0, 0.1) is 6.92 Å². The molecule has 0 heterocycles. The maximum atomic E-state index is 12.6. The fourth-order valence-corrected chi connectivity index (χ4v) is 2.65. The molecule has 0 aliphatic rings. The summed E-state index contributed by atoms with van der Waals surface area (Å²) in [7, 11) is 0. The lowest BCUT2D eigenvalue weighted by molar-refractivity contribution is -0.126. The van der Waals surface area contributed by atoms with E-state index in [2.05, 4.69) is 16.0 Å². The molecule has 1 aromatic carbocycles. The second kappa shape index (κ2) is 10.8. The Balaban J connectivity index is 2.92. The van der Waals surface area contributed by atoms with E-state index in [-0.39, 0.29) is 17.7 Å². The van der Waals surface area contributed by atoms with E-state index in [9.17, 15) is 14.4 Å². The Morgan fingerprint density at radius 3 is 2.52 bits per heavy atom. The highest BCUT2D eigenvalue weighted by Crippen LogP contribution is 2.18. The number of amides is 3. The van der Waals surface area contributed by atoms with Crippen molar-refractivity contribution >= 4 is 35.2 Å². The molecule has 3 amide bonds. The summed E-state index contributed by atoms with van der Waals surface area (Å²) in [5, 5.41) is 8.33. The van der Waals surface area contributed by atoms with Crippen LogP contribution in [0.2, 0.25) is 0 Å². The van der Waals surface area contributed by atoms with Gasteiger partial charge in [0.1, 0.15) is 6.04 Å². The van der Waals surface area contributed by atoms with Crippen LogP contribution in [0.5, 0.6) is 0 Å². The van der Waals surface area contributed by atoms with Crippen molar-refractivity contribution in [3.63, 3.8) is 0 Å². The maximum absolute atomic E-state index is 12.6. The van der Waals surface area contributed by atoms with Crippen molar-refractivity contribution in [2.75, 3.05) is 23.9 Å². The highest BCUT2D eigenvalue weighted by Gasteiger charge is 2.20. The van der Waals surface area contributed by atoms with Crippen LogP contribution in [0.15, 0.2) is 18.2 Å². The van der Waals surface area contributed by atoms with Crippen LogP contribution in [-0.4, -0.2) is 42.3 Å². The number of anilines is 1. The van der Waals surface area contributed by atoms with Gasteiger partial charge in [-0.1, -0.05) is 13.0 Å². The normalized spacial score (nSPS) is 11.5. The number of hydrogen-bond acceptors (Lipinski definition) is 4. The predicted octanol–water partition coefficient (Wildman–Crippen LogP) is 2.33. The van der Waals surface area contributed by atoms with Crippen molar-refractivity contribution in [1.82, 2.24) is 10.6 Å². The third-order valence-electron chi connectivity index (χ3n) is 3.68. The molecule has 0 unspecified atom stereocenters. The lowest BCUT2D eigenvalue weighted by Gasteiger charge is -2.19.